The Bertz CT molecular complexity index is 677. The summed E-state index contributed by atoms with van der Waals surface area (Å²) in [6, 6.07) is 7.87. The molecule has 0 radical (unpaired) electrons. The summed E-state index contributed by atoms with van der Waals surface area (Å²) in [6.07, 6.45) is 4.16. The van der Waals surface area contributed by atoms with Crippen molar-refractivity contribution in [2.45, 2.75) is 52.8 Å². The predicted molar refractivity (Wildman–Crippen MR) is 94.8 cm³/mol. The highest BCUT2D eigenvalue weighted by Crippen LogP contribution is 2.21. The van der Waals surface area contributed by atoms with Gasteiger partial charge < -0.3 is 9.64 Å². The van der Waals surface area contributed by atoms with Crippen LogP contribution in [-0.4, -0.2) is 32.7 Å². The first kappa shape index (κ1) is 18.0. The van der Waals surface area contributed by atoms with Gasteiger partial charge in [-0.2, -0.15) is 5.10 Å². The van der Waals surface area contributed by atoms with E-state index in [9.17, 15) is 4.79 Å². The van der Waals surface area contributed by atoms with E-state index in [4.69, 9.17) is 4.74 Å². The number of para-hydroxylation sites is 1. The molecule has 2 aromatic rings. The van der Waals surface area contributed by atoms with E-state index in [1.54, 1.807) is 10.9 Å². The zero-order valence-corrected chi connectivity index (χ0v) is 15.2. The quantitative estimate of drug-likeness (QED) is 0.784. The Hall–Kier alpha value is -2.30. The molecular formula is C19H27N3O2. The molecule has 1 heterocycles. The van der Waals surface area contributed by atoms with Crippen LogP contribution in [0.2, 0.25) is 0 Å². The molecule has 5 nitrogen and oxygen atoms in total. The summed E-state index contributed by atoms with van der Waals surface area (Å²) in [5, 5.41) is 4.18. The zero-order valence-electron chi connectivity index (χ0n) is 15.2. The molecule has 0 aliphatic heterocycles. The number of ether oxygens (including phenoxy) is 1. The summed E-state index contributed by atoms with van der Waals surface area (Å²) in [6.45, 7) is 8.61. The molecule has 0 aliphatic carbocycles. The van der Waals surface area contributed by atoms with Crippen LogP contribution < -0.4 is 4.74 Å². The third-order valence-corrected chi connectivity index (χ3v) is 3.73. The average Bonchev–Trinajstić information content (AvgIpc) is 2.91. The smallest absolute Gasteiger partial charge is 0.227 e. The second kappa shape index (κ2) is 7.99. The lowest BCUT2D eigenvalue weighted by atomic mass is 10.1. The Morgan fingerprint density at radius 1 is 1.25 bits per heavy atom. The molecule has 0 bridgehead atoms. The molecule has 0 unspecified atom stereocenters. The molecule has 0 saturated heterocycles. The molecule has 24 heavy (non-hydrogen) atoms. The number of amides is 1. The molecule has 0 spiro atoms. The maximum absolute atomic E-state index is 12.8. The second-order valence-corrected chi connectivity index (χ2v) is 6.59. The van der Waals surface area contributed by atoms with E-state index < -0.39 is 0 Å². The molecule has 1 amide bonds. The van der Waals surface area contributed by atoms with Gasteiger partial charge in [0.2, 0.25) is 5.91 Å². The van der Waals surface area contributed by atoms with Crippen molar-refractivity contribution >= 4 is 5.91 Å². The van der Waals surface area contributed by atoms with Crippen molar-refractivity contribution in [3.63, 3.8) is 0 Å². The molecule has 1 aromatic heterocycles. The van der Waals surface area contributed by atoms with E-state index in [1.165, 1.54) is 0 Å². The lowest BCUT2D eigenvalue weighted by Gasteiger charge is -2.27. The minimum Gasteiger partial charge on any atom is -0.491 e. The van der Waals surface area contributed by atoms with Gasteiger partial charge in [0.05, 0.1) is 18.7 Å². The van der Waals surface area contributed by atoms with Gasteiger partial charge in [-0.05, 0) is 33.8 Å². The van der Waals surface area contributed by atoms with Crippen LogP contribution >= 0.6 is 0 Å². The highest BCUT2D eigenvalue weighted by Gasteiger charge is 2.20. The third kappa shape index (κ3) is 4.85. The number of carbonyl (C=O) groups excluding carboxylic acids is 1. The van der Waals surface area contributed by atoms with Crippen LogP contribution in [0.4, 0.5) is 0 Å². The second-order valence-electron chi connectivity index (χ2n) is 6.59. The maximum Gasteiger partial charge on any atom is 0.227 e. The fourth-order valence-electron chi connectivity index (χ4n) is 2.59. The maximum atomic E-state index is 12.8. The van der Waals surface area contributed by atoms with Crippen LogP contribution in [0.1, 0.15) is 38.8 Å². The molecular weight excluding hydrogens is 302 g/mol. The van der Waals surface area contributed by atoms with E-state index in [-0.39, 0.29) is 18.1 Å². The fraction of sp³-hybridized carbons (Fsp3) is 0.474. The van der Waals surface area contributed by atoms with Crippen molar-refractivity contribution in [2.75, 3.05) is 0 Å². The number of aryl methyl sites for hydroxylation is 1. The first-order valence-corrected chi connectivity index (χ1v) is 8.38. The van der Waals surface area contributed by atoms with Crippen LogP contribution in [0, 0.1) is 0 Å². The minimum absolute atomic E-state index is 0.0813. The Labute approximate surface area is 144 Å². The summed E-state index contributed by atoms with van der Waals surface area (Å²) in [7, 11) is 1.88. The van der Waals surface area contributed by atoms with Gasteiger partial charge in [-0.3, -0.25) is 9.48 Å². The summed E-state index contributed by atoms with van der Waals surface area (Å²) in [5.74, 6) is 0.875. The van der Waals surface area contributed by atoms with Gasteiger partial charge in [0.1, 0.15) is 5.75 Å². The highest BCUT2D eigenvalue weighted by molar-refractivity contribution is 5.79. The summed E-state index contributed by atoms with van der Waals surface area (Å²) >= 11 is 0. The molecule has 2 rings (SSSR count). The van der Waals surface area contributed by atoms with Crippen molar-refractivity contribution in [1.82, 2.24) is 14.7 Å². The summed E-state index contributed by atoms with van der Waals surface area (Å²) < 4.78 is 7.58. The monoisotopic (exact) mass is 329 g/mol. The van der Waals surface area contributed by atoms with Crippen molar-refractivity contribution in [1.29, 1.82) is 0 Å². The largest absolute Gasteiger partial charge is 0.491 e. The predicted octanol–water partition coefficient (Wildman–Crippen LogP) is 3.19. The lowest BCUT2D eigenvalue weighted by molar-refractivity contribution is -0.132. The van der Waals surface area contributed by atoms with Gasteiger partial charge in [-0.15, -0.1) is 0 Å². The first-order chi connectivity index (χ1) is 11.4. The molecule has 0 atom stereocenters. The number of nitrogens with zero attached hydrogens (tertiary/aromatic N) is 3. The van der Waals surface area contributed by atoms with Crippen LogP contribution in [-0.2, 0) is 24.8 Å². The normalized spacial score (nSPS) is 11.1. The van der Waals surface area contributed by atoms with E-state index in [0.717, 1.165) is 16.9 Å². The van der Waals surface area contributed by atoms with Gasteiger partial charge in [0.15, 0.2) is 0 Å². The Morgan fingerprint density at radius 3 is 2.54 bits per heavy atom. The van der Waals surface area contributed by atoms with E-state index in [2.05, 4.69) is 5.10 Å². The van der Waals surface area contributed by atoms with Crippen molar-refractivity contribution in [2.24, 2.45) is 7.05 Å². The summed E-state index contributed by atoms with van der Waals surface area (Å²) in [4.78, 5) is 14.7. The van der Waals surface area contributed by atoms with Gasteiger partial charge >= 0.3 is 0 Å². The molecule has 0 aliphatic rings. The Kier molecular flexibility index (Phi) is 6.01. The molecule has 130 valence electrons. The lowest BCUT2D eigenvalue weighted by Crippen LogP contribution is -2.37. The van der Waals surface area contributed by atoms with Crippen molar-refractivity contribution in [3.05, 3.63) is 47.8 Å². The average molecular weight is 329 g/mol. The van der Waals surface area contributed by atoms with Crippen LogP contribution in [0.5, 0.6) is 5.75 Å². The van der Waals surface area contributed by atoms with Crippen molar-refractivity contribution < 1.29 is 9.53 Å². The third-order valence-electron chi connectivity index (χ3n) is 3.73. The number of hydrogen-bond acceptors (Lipinski definition) is 3. The topological polar surface area (TPSA) is 47.4 Å². The number of rotatable bonds is 7. The number of hydrogen-bond donors (Lipinski definition) is 0. The number of aromatic nitrogens is 2. The number of benzene rings is 1. The SMILES string of the molecule is CC(C)Oc1ccccc1CC(=O)N(Cc1cnn(C)c1)C(C)C. The molecule has 0 saturated carbocycles. The van der Waals surface area contributed by atoms with Crippen molar-refractivity contribution in [3.8, 4) is 5.75 Å². The molecule has 0 N–H and O–H groups in total. The Morgan fingerprint density at radius 2 is 1.96 bits per heavy atom. The molecule has 0 fully saturated rings. The van der Waals surface area contributed by atoms with Crippen LogP contribution in [0.25, 0.3) is 0 Å². The zero-order chi connectivity index (χ0) is 17.7. The fourth-order valence-corrected chi connectivity index (χ4v) is 2.59. The number of carbonyl (C=O) groups is 1. The van der Waals surface area contributed by atoms with Gasteiger partial charge in [-0.25, -0.2) is 0 Å². The summed E-state index contributed by atoms with van der Waals surface area (Å²) in [5.41, 5.74) is 1.96. The highest BCUT2D eigenvalue weighted by atomic mass is 16.5. The minimum atomic E-state index is 0.0813. The first-order valence-electron chi connectivity index (χ1n) is 8.38. The van der Waals surface area contributed by atoms with E-state index >= 15 is 0 Å². The van der Waals surface area contributed by atoms with E-state index in [1.807, 2.05) is 70.1 Å². The van der Waals surface area contributed by atoms with Crippen LogP contribution in [0.3, 0.4) is 0 Å². The Balaban J connectivity index is 2.13. The molecule has 5 heteroatoms. The van der Waals surface area contributed by atoms with E-state index in [0.29, 0.717) is 13.0 Å². The molecule has 1 aromatic carbocycles. The van der Waals surface area contributed by atoms with Gasteiger partial charge in [0.25, 0.3) is 0 Å². The standard InChI is InChI=1S/C19H27N3O2/c1-14(2)22(13-16-11-20-21(5)12-16)19(23)10-17-8-6-7-9-18(17)24-15(3)4/h6-9,11-12,14-15H,10,13H2,1-5H3. The van der Waals surface area contributed by atoms with Crippen LogP contribution in [0.15, 0.2) is 36.7 Å². The van der Waals surface area contributed by atoms with Gasteiger partial charge in [-0.1, -0.05) is 18.2 Å². The van der Waals surface area contributed by atoms with Gasteiger partial charge in [0, 0.05) is 37.0 Å².